The second kappa shape index (κ2) is 4.63. The molecule has 1 heterocycles. The Bertz CT molecular complexity index is 307. The number of halogens is 3. The molecule has 3 N–H and O–H groups in total. The highest BCUT2D eigenvalue weighted by molar-refractivity contribution is 5.12. The summed E-state index contributed by atoms with van der Waals surface area (Å²) in [6, 6.07) is -1.86. The number of nitrogens with zero attached hydrogens (tertiary/aromatic N) is 2. The Morgan fingerprint density at radius 1 is 1.60 bits per heavy atom. The van der Waals surface area contributed by atoms with Crippen LogP contribution < -0.4 is 11.3 Å². The van der Waals surface area contributed by atoms with Crippen LogP contribution in [0, 0.1) is 0 Å². The zero-order chi connectivity index (χ0) is 11.5. The first-order chi connectivity index (χ1) is 6.99. The van der Waals surface area contributed by atoms with Gasteiger partial charge in [-0.3, -0.25) is 10.5 Å². The molecule has 0 bridgehead atoms. The van der Waals surface area contributed by atoms with Crippen molar-refractivity contribution in [2.75, 3.05) is 0 Å². The lowest BCUT2D eigenvalue weighted by Crippen LogP contribution is -2.38. The first-order valence-corrected chi connectivity index (χ1v) is 4.54. The molecule has 0 aromatic carbocycles. The summed E-state index contributed by atoms with van der Waals surface area (Å²) < 4.78 is 38.7. The van der Waals surface area contributed by atoms with Gasteiger partial charge in [0.2, 0.25) is 0 Å². The first-order valence-electron chi connectivity index (χ1n) is 4.54. The Kier molecular flexibility index (Phi) is 3.70. The van der Waals surface area contributed by atoms with Gasteiger partial charge in [-0.15, -0.1) is 0 Å². The van der Waals surface area contributed by atoms with Crippen LogP contribution in [0.25, 0.3) is 0 Å². The third kappa shape index (κ3) is 2.93. The minimum atomic E-state index is -4.41. The Labute approximate surface area is 85.2 Å². The number of aromatic nitrogens is 2. The molecule has 0 spiro atoms. The molecule has 1 rings (SSSR count). The van der Waals surface area contributed by atoms with Gasteiger partial charge in [0.05, 0.1) is 6.20 Å². The number of hydrazine groups is 1. The van der Waals surface area contributed by atoms with Crippen molar-refractivity contribution < 1.29 is 13.2 Å². The van der Waals surface area contributed by atoms with Gasteiger partial charge in [0.1, 0.15) is 6.04 Å². The fourth-order valence-corrected chi connectivity index (χ4v) is 1.26. The molecule has 0 radical (unpaired) electrons. The van der Waals surface area contributed by atoms with Crippen LogP contribution in [0.2, 0.25) is 0 Å². The minimum absolute atomic E-state index is 0.0263. The van der Waals surface area contributed by atoms with Gasteiger partial charge >= 0.3 is 6.18 Å². The van der Waals surface area contributed by atoms with Crippen molar-refractivity contribution >= 4 is 0 Å². The van der Waals surface area contributed by atoms with Gasteiger partial charge in [0, 0.05) is 18.3 Å². The smallest absolute Gasteiger partial charge is 0.272 e. The highest BCUT2D eigenvalue weighted by Gasteiger charge is 2.40. The van der Waals surface area contributed by atoms with E-state index in [0.29, 0.717) is 6.54 Å². The summed E-state index contributed by atoms with van der Waals surface area (Å²) in [5.74, 6) is 4.87. The van der Waals surface area contributed by atoms with Crippen LogP contribution in [0.15, 0.2) is 12.4 Å². The molecular weight excluding hydrogens is 209 g/mol. The molecule has 4 nitrogen and oxygen atoms in total. The maximum Gasteiger partial charge on any atom is 0.409 e. The third-order valence-corrected chi connectivity index (χ3v) is 1.93. The molecule has 0 aliphatic rings. The van der Waals surface area contributed by atoms with E-state index in [9.17, 15) is 13.2 Å². The zero-order valence-corrected chi connectivity index (χ0v) is 8.25. The summed E-state index contributed by atoms with van der Waals surface area (Å²) in [5.41, 5.74) is 1.76. The van der Waals surface area contributed by atoms with Crippen molar-refractivity contribution in [3.8, 4) is 0 Å². The SMILES string of the molecule is CCCn1cc(C(NN)C(F)(F)F)cn1. The molecule has 1 unspecified atom stereocenters. The van der Waals surface area contributed by atoms with E-state index >= 15 is 0 Å². The number of hydrogen-bond donors (Lipinski definition) is 2. The molecule has 0 saturated heterocycles. The van der Waals surface area contributed by atoms with E-state index in [4.69, 9.17) is 5.84 Å². The molecule has 86 valence electrons. The number of rotatable bonds is 4. The van der Waals surface area contributed by atoms with Crippen LogP contribution in [-0.2, 0) is 6.54 Å². The standard InChI is InChI=1S/C8H13F3N4/c1-2-3-15-5-6(4-13-15)7(14-12)8(9,10)11/h4-5,7,14H,2-3,12H2,1H3. The van der Waals surface area contributed by atoms with Gasteiger partial charge in [0.25, 0.3) is 0 Å². The van der Waals surface area contributed by atoms with E-state index < -0.39 is 12.2 Å². The molecule has 0 aliphatic carbocycles. The molecular formula is C8H13F3N4. The Balaban J connectivity index is 2.83. The monoisotopic (exact) mass is 222 g/mol. The molecule has 1 aromatic rings. The molecule has 1 aromatic heterocycles. The fourth-order valence-electron chi connectivity index (χ4n) is 1.26. The van der Waals surface area contributed by atoms with Gasteiger partial charge in [-0.1, -0.05) is 6.92 Å². The maximum absolute atomic E-state index is 12.4. The highest BCUT2D eigenvalue weighted by Crippen LogP contribution is 2.31. The summed E-state index contributed by atoms with van der Waals surface area (Å²) in [6.45, 7) is 2.51. The van der Waals surface area contributed by atoms with Gasteiger partial charge in [0.15, 0.2) is 0 Å². The predicted octanol–water partition coefficient (Wildman–Crippen LogP) is 1.36. The number of nitrogens with one attached hydrogen (secondary N) is 1. The highest BCUT2D eigenvalue weighted by atomic mass is 19.4. The van der Waals surface area contributed by atoms with Crippen LogP contribution >= 0.6 is 0 Å². The van der Waals surface area contributed by atoms with Crippen LogP contribution in [-0.4, -0.2) is 16.0 Å². The average molecular weight is 222 g/mol. The van der Waals surface area contributed by atoms with Crippen LogP contribution in [0.5, 0.6) is 0 Å². The summed E-state index contributed by atoms with van der Waals surface area (Å²) in [7, 11) is 0. The second-order valence-corrected chi connectivity index (χ2v) is 3.18. The second-order valence-electron chi connectivity index (χ2n) is 3.18. The molecule has 15 heavy (non-hydrogen) atoms. The topological polar surface area (TPSA) is 55.9 Å². The van der Waals surface area contributed by atoms with Crippen LogP contribution in [0.1, 0.15) is 24.9 Å². The van der Waals surface area contributed by atoms with Crippen molar-refractivity contribution in [3.63, 3.8) is 0 Å². The van der Waals surface area contributed by atoms with E-state index in [0.717, 1.165) is 6.42 Å². The molecule has 1 atom stereocenters. The van der Waals surface area contributed by atoms with Crippen LogP contribution in [0.3, 0.4) is 0 Å². The summed E-state index contributed by atoms with van der Waals surface area (Å²) in [6.07, 6.45) is -1.07. The Hall–Kier alpha value is -1.08. The van der Waals surface area contributed by atoms with Gasteiger partial charge < -0.3 is 0 Å². The van der Waals surface area contributed by atoms with E-state index in [1.165, 1.54) is 17.1 Å². The molecule has 0 amide bonds. The number of aryl methyl sites for hydroxylation is 1. The van der Waals surface area contributed by atoms with Gasteiger partial charge in [-0.25, -0.2) is 5.43 Å². The number of hydrogen-bond acceptors (Lipinski definition) is 3. The van der Waals surface area contributed by atoms with Gasteiger partial charge in [-0.05, 0) is 6.42 Å². The summed E-state index contributed by atoms with van der Waals surface area (Å²) >= 11 is 0. The summed E-state index contributed by atoms with van der Waals surface area (Å²) in [5, 5.41) is 3.81. The molecule has 0 fully saturated rings. The Morgan fingerprint density at radius 3 is 2.73 bits per heavy atom. The number of nitrogens with two attached hydrogens (primary N) is 1. The van der Waals surface area contributed by atoms with Crippen molar-refractivity contribution in [1.82, 2.24) is 15.2 Å². The van der Waals surface area contributed by atoms with Crippen molar-refractivity contribution in [2.45, 2.75) is 32.1 Å². The number of alkyl halides is 3. The fraction of sp³-hybridized carbons (Fsp3) is 0.625. The van der Waals surface area contributed by atoms with E-state index in [1.54, 1.807) is 5.43 Å². The minimum Gasteiger partial charge on any atom is -0.272 e. The average Bonchev–Trinajstić information content (AvgIpc) is 2.52. The van der Waals surface area contributed by atoms with E-state index in [-0.39, 0.29) is 5.56 Å². The van der Waals surface area contributed by atoms with Crippen LogP contribution in [0.4, 0.5) is 13.2 Å². The maximum atomic E-state index is 12.4. The lowest BCUT2D eigenvalue weighted by atomic mass is 10.2. The molecule has 7 heteroatoms. The lowest BCUT2D eigenvalue weighted by Gasteiger charge is -2.17. The van der Waals surface area contributed by atoms with Gasteiger partial charge in [-0.2, -0.15) is 18.3 Å². The Morgan fingerprint density at radius 2 is 2.27 bits per heavy atom. The van der Waals surface area contributed by atoms with Crippen molar-refractivity contribution in [3.05, 3.63) is 18.0 Å². The quantitative estimate of drug-likeness (QED) is 0.597. The van der Waals surface area contributed by atoms with Crippen molar-refractivity contribution in [1.29, 1.82) is 0 Å². The third-order valence-electron chi connectivity index (χ3n) is 1.93. The predicted molar refractivity (Wildman–Crippen MR) is 48.6 cm³/mol. The lowest BCUT2D eigenvalue weighted by molar-refractivity contribution is -0.157. The van der Waals surface area contributed by atoms with E-state index in [1.807, 2.05) is 6.92 Å². The molecule has 0 saturated carbocycles. The normalized spacial score (nSPS) is 14.2. The zero-order valence-electron chi connectivity index (χ0n) is 8.25. The summed E-state index contributed by atoms with van der Waals surface area (Å²) in [4.78, 5) is 0. The molecule has 0 aliphatic heterocycles. The largest absolute Gasteiger partial charge is 0.409 e. The van der Waals surface area contributed by atoms with E-state index in [2.05, 4.69) is 5.10 Å². The first kappa shape index (κ1) is 12.0. The van der Waals surface area contributed by atoms with Crippen molar-refractivity contribution in [2.24, 2.45) is 5.84 Å².